The van der Waals surface area contributed by atoms with Crippen molar-refractivity contribution in [3.05, 3.63) is 68.6 Å². The van der Waals surface area contributed by atoms with E-state index >= 15 is 0 Å². The molecule has 3 unspecified atom stereocenters. The van der Waals surface area contributed by atoms with Crippen LogP contribution >= 0.6 is 22.6 Å². The van der Waals surface area contributed by atoms with E-state index in [9.17, 15) is 29.3 Å². The van der Waals surface area contributed by atoms with E-state index in [0.717, 1.165) is 0 Å². The highest BCUT2D eigenvalue weighted by Crippen LogP contribution is 2.37. The van der Waals surface area contributed by atoms with Crippen LogP contribution in [0.15, 0.2) is 48.0 Å². The van der Waals surface area contributed by atoms with E-state index in [1.165, 1.54) is 30.2 Å². The van der Waals surface area contributed by atoms with Crippen LogP contribution in [0.4, 0.5) is 4.39 Å². The summed E-state index contributed by atoms with van der Waals surface area (Å²) >= 11 is 2.03. The minimum Gasteiger partial charge on any atom is -0.493 e. The van der Waals surface area contributed by atoms with Crippen LogP contribution in [0.2, 0.25) is 0 Å². The van der Waals surface area contributed by atoms with Crippen molar-refractivity contribution in [1.29, 1.82) is 0 Å². The van der Waals surface area contributed by atoms with E-state index in [1.54, 1.807) is 31.2 Å². The Balaban J connectivity index is 1.99. The van der Waals surface area contributed by atoms with Crippen molar-refractivity contribution in [2.45, 2.75) is 44.6 Å². The molecule has 10 nitrogen and oxygen atoms in total. The quantitative estimate of drug-likeness (QED) is 0.222. The molecule has 3 atom stereocenters. The molecule has 1 aliphatic carbocycles. The fourth-order valence-corrected chi connectivity index (χ4v) is 5.38. The average Bonchev–Trinajstić information content (AvgIpc) is 2.97. The van der Waals surface area contributed by atoms with Gasteiger partial charge < -0.3 is 39.7 Å². The van der Waals surface area contributed by atoms with Crippen molar-refractivity contribution >= 4 is 34.4 Å². The second-order valence-electron chi connectivity index (χ2n) is 9.39. The highest BCUT2D eigenvalue weighted by molar-refractivity contribution is 14.1. The minimum atomic E-state index is -1.26. The van der Waals surface area contributed by atoms with Gasteiger partial charge in [0.25, 0.3) is 0 Å². The number of carbonyl (C=O) groups is 2. The minimum absolute atomic E-state index is 0.0109. The first-order valence-corrected chi connectivity index (χ1v) is 14.3. The van der Waals surface area contributed by atoms with Gasteiger partial charge in [-0.1, -0.05) is 12.1 Å². The smallest absolute Gasteiger partial charge is 0.248 e. The summed E-state index contributed by atoms with van der Waals surface area (Å²) in [5, 5.41) is 33.0. The Hall–Kier alpha value is -2.78. The van der Waals surface area contributed by atoms with E-state index < -0.39 is 35.9 Å². The molecular formula is C29H36FIN2O8. The van der Waals surface area contributed by atoms with Gasteiger partial charge in [0.2, 0.25) is 11.8 Å². The number of hydrogen-bond donors (Lipinski definition) is 4. The first-order chi connectivity index (χ1) is 19.7. The molecule has 0 fully saturated rings. The standard InChI is InChI=1S/C29H36FIN2O8/c1-3-40-17-26(36)33(9-7-18-5-4-6-21(30)11-18)23-14-20(29(38)32-8-10-34)15-24(27(23)37)41-28-22(31)12-19(16-35)13-25(28)39-2/h4-6,11-13,15,23-24,27,34-35,37H,3,7-10,14,16-17H2,1-2H3,(H,32,38). The molecular weight excluding hydrogens is 650 g/mol. The number of benzene rings is 2. The summed E-state index contributed by atoms with van der Waals surface area (Å²) < 4.78 is 31.5. The normalized spacial score (nSPS) is 18.4. The zero-order valence-corrected chi connectivity index (χ0v) is 25.2. The molecule has 0 heterocycles. The third kappa shape index (κ3) is 8.85. The highest BCUT2D eigenvalue weighted by atomic mass is 127. The molecule has 224 valence electrons. The van der Waals surface area contributed by atoms with Crippen molar-refractivity contribution < 1.29 is 43.5 Å². The van der Waals surface area contributed by atoms with Gasteiger partial charge in [0.15, 0.2) is 11.5 Å². The Kier molecular flexibility index (Phi) is 12.8. The third-order valence-corrected chi connectivity index (χ3v) is 7.42. The van der Waals surface area contributed by atoms with Crippen LogP contribution in [-0.4, -0.2) is 90.3 Å². The van der Waals surface area contributed by atoms with E-state index in [4.69, 9.17) is 14.2 Å². The molecule has 2 amide bonds. The summed E-state index contributed by atoms with van der Waals surface area (Å²) in [6, 6.07) is 8.47. The van der Waals surface area contributed by atoms with Crippen LogP contribution in [0.1, 0.15) is 24.5 Å². The molecule has 0 radical (unpaired) electrons. The van der Waals surface area contributed by atoms with E-state index in [0.29, 0.717) is 39.2 Å². The van der Waals surface area contributed by atoms with Gasteiger partial charge in [-0.25, -0.2) is 4.39 Å². The number of nitrogens with one attached hydrogen (secondary N) is 1. The molecule has 0 spiro atoms. The molecule has 3 rings (SSSR count). The highest BCUT2D eigenvalue weighted by Gasteiger charge is 2.40. The fraction of sp³-hybridized carbons (Fsp3) is 0.448. The Morgan fingerprint density at radius 2 is 1.98 bits per heavy atom. The van der Waals surface area contributed by atoms with Gasteiger partial charge in [0, 0.05) is 31.7 Å². The van der Waals surface area contributed by atoms with Crippen LogP contribution < -0.4 is 14.8 Å². The molecule has 0 bridgehead atoms. The molecule has 41 heavy (non-hydrogen) atoms. The monoisotopic (exact) mass is 686 g/mol. The number of rotatable bonds is 14. The fourth-order valence-electron chi connectivity index (χ4n) is 4.58. The van der Waals surface area contributed by atoms with Crippen LogP contribution in [-0.2, 0) is 27.4 Å². The molecule has 2 aromatic rings. The van der Waals surface area contributed by atoms with Crippen molar-refractivity contribution in [3.8, 4) is 11.5 Å². The topological polar surface area (TPSA) is 138 Å². The first kappa shape index (κ1) is 32.7. The van der Waals surface area contributed by atoms with Crippen molar-refractivity contribution in [2.75, 3.05) is 40.0 Å². The van der Waals surface area contributed by atoms with Gasteiger partial charge in [-0.05, 0) is 77.4 Å². The number of amides is 2. The van der Waals surface area contributed by atoms with Crippen molar-refractivity contribution in [1.82, 2.24) is 10.2 Å². The number of halogens is 2. The van der Waals surface area contributed by atoms with Crippen LogP contribution in [0, 0.1) is 9.39 Å². The largest absolute Gasteiger partial charge is 0.493 e. The lowest BCUT2D eigenvalue weighted by Crippen LogP contribution is -2.56. The molecule has 0 saturated heterocycles. The second kappa shape index (κ2) is 16.0. The molecule has 12 heteroatoms. The maximum atomic E-state index is 13.8. The molecule has 1 aliphatic rings. The summed E-state index contributed by atoms with van der Waals surface area (Å²) in [4.78, 5) is 27.8. The molecule has 0 aromatic heterocycles. The number of hydrogen-bond acceptors (Lipinski definition) is 8. The summed E-state index contributed by atoms with van der Waals surface area (Å²) in [5.41, 5.74) is 1.53. The van der Waals surface area contributed by atoms with E-state index in [2.05, 4.69) is 5.32 Å². The Bertz CT molecular complexity index is 1230. The van der Waals surface area contributed by atoms with Gasteiger partial charge in [0.05, 0.1) is 29.9 Å². The SMILES string of the molecule is CCOCC(=O)N(CCc1cccc(F)c1)C1CC(C(=O)NCCO)=CC(Oc2c(I)cc(CO)cc2OC)C1O. The van der Waals surface area contributed by atoms with Gasteiger partial charge in [-0.3, -0.25) is 9.59 Å². The number of nitrogens with zero attached hydrogens (tertiary/aromatic N) is 1. The second-order valence-corrected chi connectivity index (χ2v) is 10.5. The maximum Gasteiger partial charge on any atom is 0.248 e. The van der Waals surface area contributed by atoms with E-state index in [1.807, 2.05) is 22.6 Å². The molecule has 0 aliphatic heterocycles. The van der Waals surface area contributed by atoms with Gasteiger partial charge >= 0.3 is 0 Å². The zero-order chi connectivity index (χ0) is 29.9. The number of ether oxygens (including phenoxy) is 3. The predicted molar refractivity (Wildman–Crippen MR) is 157 cm³/mol. The lowest BCUT2D eigenvalue weighted by Gasteiger charge is -2.40. The maximum absolute atomic E-state index is 13.8. The van der Waals surface area contributed by atoms with Crippen LogP contribution in [0.5, 0.6) is 11.5 Å². The van der Waals surface area contributed by atoms with Crippen molar-refractivity contribution in [2.24, 2.45) is 0 Å². The summed E-state index contributed by atoms with van der Waals surface area (Å²) in [6.07, 6.45) is -0.518. The summed E-state index contributed by atoms with van der Waals surface area (Å²) in [5.74, 6) is -0.646. The third-order valence-electron chi connectivity index (χ3n) is 6.62. The van der Waals surface area contributed by atoms with E-state index in [-0.39, 0.29) is 44.9 Å². The molecule has 4 N–H and O–H groups in total. The summed E-state index contributed by atoms with van der Waals surface area (Å²) in [7, 11) is 1.45. The van der Waals surface area contributed by atoms with Crippen LogP contribution in [0.3, 0.4) is 0 Å². The predicted octanol–water partition coefficient (Wildman–Crippen LogP) is 1.95. The molecule has 0 saturated carbocycles. The van der Waals surface area contributed by atoms with Gasteiger partial charge in [-0.2, -0.15) is 0 Å². The zero-order valence-electron chi connectivity index (χ0n) is 23.0. The number of carbonyl (C=O) groups excluding carboxylic acids is 2. The molecule has 2 aromatic carbocycles. The average molecular weight is 687 g/mol. The Labute approximate surface area is 252 Å². The van der Waals surface area contributed by atoms with Gasteiger partial charge in [-0.15, -0.1) is 0 Å². The Morgan fingerprint density at radius 3 is 2.63 bits per heavy atom. The van der Waals surface area contributed by atoms with Crippen LogP contribution in [0.25, 0.3) is 0 Å². The number of aliphatic hydroxyl groups excluding tert-OH is 3. The lowest BCUT2D eigenvalue weighted by atomic mass is 9.88. The van der Waals surface area contributed by atoms with Gasteiger partial charge in [0.1, 0.15) is 24.6 Å². The first-order valence-electron chi connectivity index (χ1n) is 13.3. The number of aliphatic hydroxyl groups is 3. The number of methoxy groups -OCH3 is 1. The summed E-state index contributed by atoms with van der Waals surface area (Å²) in [6.45, 7) is 1.50. The Morgan fingerprint density at radius 1 is 1.20 bits per heavy atom. The van der Waals surface area contributed by atoms with Crippen molar-refractivity contribution in [3.63, 3.8) is 0 Å². The lowest BCUT2D eigenvalue weighted by molar-refractivity contribution is -0.143.